The second-order valence-corrected chi connectivity index (χ2v) is 5.03. The maximum Gasteiger partial charge on any atom is 0.255 e. The molecule has 2 rings (SSSR count). The van der Waals surface area contributed by atoms with E-state index >= 15 is 0 Å². The maximum absolute atomic E-state index is 11.7. The van der Waals surface area contributed by atoms with Gasteiger partial charge in [-0.2, -0.15) is 0 Å². The Morgan fingerprint density at radius 2 is 2.07 bits per heavy atom. The lowest BCUT2D eigenvalue weighted by molar-refractivity contribution is -0.115. The van der Waals surface area contributed by atoms with E-state index < -0.39 is 0 Å². The third kappa shape index (κ3) is 2.00. The van der Waals surface area contributed by atoms with Crippen molar-refractivity contribution in [2.24, 2.45) is 0 Å². The summed E-state index contributed by atoms with van der Waals surface area (Å²) in [4.78, 5) is 23.0. The van der Waals surface area contributed by atoms with Gasteiger partial charge in [-0.15, -0.1) is 0 Å². The molecule has 1 heterocycles. The van der Waals surface area contributed by atoms with Gasteiger partial charge in [0.15, 0.2) is 0 Å². The van der Waals surface area contributed by atoms with E-state index in [-0.39, 0.29) is 18.4 Å². The van der Waals surface area contributed by atoms with Crippen molar-refractivity contribution in [3.63, 3.8) is 0 Å². The number of amides is 2. The summed E-state index contributed by atoms with van der Waals surface area (Å²) in [7, 11) is 0. The third-order valence-corrected chi connectivity index (χ3v) is 3.56. The van der Waals surface area contributed by atoms with Crippen molar-refractivity contribution in [3.8, 4) is 0 Å². The van der Waals surface area contributed by atoms with Crippen LogP contribution in [-0.2, 0) is 4.79 Å². The van der Waals surface area contributed by atoms with Gasteiger partial charge in [-0.3, -0.25) is 9.59 Å². The average Bonchev–Trinajstić information content (AvgIpc) is 2.34. The number of rotatable bonds is 0. The van der Waals surface area contributed by atoms with Crippen LogP contribution in [0.5, 0.6) is 0 Å². The Bertz CT molecular complexity index is 462. The van der Waals surface area contributed by atoms with E-state index in [0.717, 1.165) is 3.57 Å². The molecule has 1 aliphatic rings. The first kappa shape index (κ1) is 10.9. The second-order valence-electron chi connectivity index (χ2n) is 3.01. The summed E-state index contributed by atoms with van der Waals surface area (Å²) in [5.41, 5.74) is 1.05. The van der Waals surface area contributed by atoms with Gasteiger partial charge in [-0.05, 0) is 50.7 Å². The minimum absolute atomic E-state index is 0.00995. The summed E-state index contributed by atoms with van der Waals surface area (Å²) in [5, 5.41) is 5.24. The first-order chi connectivity index (χ1) is 7.09. The molecule has 6 heteroatoms. The van der Waals surface area contributed by atoms with E-state index in [2.05, 4.69) is 49.2 Å². The molecule has 0 fully saturated rings. The fraction of sp³-hybridized carbons (Fsp3) is 0.111. The number of carbonyl (C=O) groups is 2. The monoisotopic (exact) mass is 380 g/mol. The van der Waals surface area contributed by atoms with Crippen LogP contribution in [0.1, 0.15) is 10.4 Å². The highest BCUT2D eigenvalue weighted by Crippen LogP contribution is 2.30. The van der Waals surface area contributed by atoms with Crippen molar-refractivity contribution in [2.45, 2.75) is 0 Å². The highest BCUT2D eigenvalue weighted by atomic mass is 127. The van der Waals surface area contributed by atoms with Gasteiger partial charge in [0.2, 0.25) is 5.91 Å². The quantitative estimate of drug-likeness (QED) is 0.673. The molecular weight excluding hydrogens is 375 g/mol. The standard InChI is InChI=1S/C9H6BrIN2O2/c10-4-1-2-5(11)8-7(4)9(15)12-3-6(14)13-8/h1-2H,3H2,(H,12,15)(H,13,14). The highest BCUT2D eigenvalue weighted by molar-refractivity contribution is 14.1. The topological polar surface area (TPSA) is 58.2 Å². The molecule has 2 amide bonds. The first-order valence-corrected chi connectivity index (χ1v) is 6.03. The minimum atomic E-state index is -0.242. The van der Waals surface area contributed by atoms with Crippen LogP contribution in [0.4, 0.5) is 5.69 Å². The van der Waals surface area contributed by atoms with E-state index in [1.54, 1.807) is 6.07 Å². The molecule has 1 aliphatic heterocycles. The lowest BCUT2D eigenvalue weighted by Gasteiger charge is -2.08. The van der Waals surface area contributed by atoms with Crippen molar-refractivity contribution in [3.05, 3.63) is 25.7 Å². The Balaban J connectivity index is 2.66. The van der Waals surface area contributed by atoms with Gasteiger partial charge in [0.25, 0.3) is 5.91 Å². The number of benzene rings is 1. The summed E-state index contributed by atoms with van der Waals surface area (Å²) in [5.74, 6) is -0.452. The summed E-state index contributed by atoms with van der Waals surface area (Å²) in [6.45, 7) is 0.00995. The fourth-order valence-corrected chi connectivity index (χ4v) is 2.42. The van der Waals surface area contributed by atoms with Gasteiger partial charge in [-0.1, -0.05) is 0 Å². The molecule has 4 nitrogen and oxygen atoms in total. The molecule has 0 radical (unpaired) electrons. The largest absolute Gasteiger partial charge is 0.343 e. The lowest BCUT2D eigenvalue weighted by Crippen LogP contribution is -2.28. The Kier molecular flexibility index (Phi) is 2.96. The summed E-state index contributed by atoms with van der Waals surface area (Å²) < 4.78 is 1.52. The van der Waals surface area contributed by atoms with Crippen LogP contribution in [0, 0.1) is 3.57 Å². The van der Waals surface area contributed by atoms with E-state index in [9.17, 15) is 9.59 Å². The number of hydrogen-bond acceptors (Lipinski definition) is 2. The van der Waals surface area contributed by atoms with Crippen LogP contribution in [0.15, 0.2) is 16.6 Å². The predicted molar refractivity (Wildman–Crippen MR) is 67.8 cm³/mol. The first-order valence-electron chi connectivity index (χ1n) is 4.15. The van der Waals surface area contributed by atoms with E-state index in [1.165, 1.54) is 0 Å². The lowest BCUT2D eigenvalue weighted by atomic mass is 10.1. The molecule has 0 unspecified atom stereocenters. The van der Waals surface area contributed by atoms with Crippen molar-refractivity contribution in [2.75, 3.05) is 11.9 Å². The zero-order chi connectivity index (χ0) is 11.0. The summed E-state index contributed by atoms with van der Waals surface area (Å²) in [6, 6.07) is 3.63. The number of carbonyl (C=O) groups excluding carboxylic acids is 2. The second kappa shape index (κ2) is 4.09. The van der Waals surface area contributed by atoms with Gasteiger partial charge in [0, 0.05) is 8.04 Å². The third-order valence-electron chi connectivity index (χ3n) is 2.00. The van der Waals surface area contributed by atoms with Crippen LogP contribution in [-0.4, -0.2) is 18.4 Å². The molecule has 0 bridgehead atoms. The maximum atomic E-state index is 11.7. The number of halogens is 2. The van der Waals surface area contributed by atoms with Crippen LogP contribution in [0.25, 0.3) is 0 Å². The van der Waals surface area contributed by atoms with Crippen LogP contribution in [0.3, 0.4) is 0 Å². The number of nitrogens with one attached hydrogen (secondary N) is 2. The Hall–Kier alpha value is -0.630. The summed E-state index contributed by atoms with van der Waals surface area (Å²) >= 11 is 5.38. The Labute approximate surface area is 108 Å². The molecule has 1 aromatic carbocycles. The van der Waals surface area contributed by atoms with Gasteiger partial charge < -0.3 is 10.6 Å². The molecular formula is C9H6BrIN2O2. The SMILES string of the molecule is O=C1CNC(=O)c2c(Br)ccc(I)c2N1. The molecule has 78 valence electrons. The average molecular weight is 381 g/mol. The molecule has 0 saturated heterocycles. The van der Waals surface area contributed by atoms with E-state index in [1.807, 2.05) is 6.07 Å². The Morgan fingerprint density at radius 1 is 1.33 bits per heavy atom. The minimum Gasteiger partial charge on any atom is -0.343 e. The zero-order valence-corrected chi connectivity index (χ0v) is 11.2. The van der Waals surface area contributed by atoms with Gasteiger partial charge in [-0.25, -0.2) is 0 Å². The molecule has 0 aromatic heterocycles. The van der Waals surface area contributed by atoms with Crippen molar-refractivity contribution in [1.29, 1.82) is 0 Å². The van der Waals surface area contributed by atoms with Crippen molar-refractivity contribution >= 4 is 56.0 Å². The van der Waals surface area contributed by atoms with E-state index in [0.29, 0.717) is 15.7 Å². The van der Waals surface area contributed by atoms with Crippen LogP contribution < -0.4 is 10.6 Å². The van der Waals surface area contributed by atoms with Crippen molar-refractivity contribution < 1.29 is 9.59 Å². The van der Waals surface area contributed by atoms with Crippen LogP contribution in [0.2, 0.25) is 0 Å². The van der Waals surface area contributed by atoms with Crippen LogP contribution >= 0.6 is 38.5 Å². The zero-order valence-electron chi connectivity index (χ0n) is 7.43. The fourth-order valence-electron chi connectivity index (χ4n) is 1.33. The van der Waals surface area contributed by atoms with Crippen molar-refractivity contribution in [1.82, 2.24) is 5.32 Å². The van der Waals surface area contributed by atoms with Gasteiger partial charge in [0.05, 0.1) is 17.8 Å². The normalized spacial score (nSPS) is 15.1. The highest BCUT2D eigenvalue weighted by Gasteiger charge is 2.23. The van der Waals surface area contributed by atoms with E-state index in [4.69, 9.17) is 0 Å². The summed E-state index contributed by atoms with van der Waals surface area (Å²) in [6.07, 6.45) is 0. The number of fused-ring (bicyclic) bond motifs is 1. The van der Waals surface area contributed by atoms with Gasteiger partial charge >= 0.3 is 0 Å². The molecule has 0 atom stereocenters. The molecule has 0 aliphatic carbocycles. The predicted octanol–water partition coefficient (Wildman–Crippen LogP) is 1.74. The smallest absolute Gasteiger partial charge is 0.255 e. The molecule has 0 spiro atoms. The van der Waals surface area contributed by atoms with Gasteiger partial charge in [0.1, 0.15) is 0 Å². The number of hydrogen-bond donors (Lipinski definition) is 2. The molecule has 1 aromatic rings. The Morgan fingerprint density at radius 3 is 2.80 bits per heavy atom. The molecule has 2 N–H and O–H groups in total. The molecule has 15 heavy (non-hydrogen) atoms. The number of anilines is 1. The molecule has 0 saturated carbocycles.